The van der Waals surface area contributed by atoms with Gasteiger partial charge >= 0.3 is 6.03 Å². The van der Waals surface area contributed by atoms with Crippen LogP contribution in [0.3, 0.4) is 0 Å². The lowest BCUT2D eigenvalue weighted by Gasteiger charge is -2.57. The predicted molar refractivity (Wildman–Crippen MR) is 121 cm³/mol. The number of nitrogens with one attached hydrogen (secondary N) is 2. The number of rotatable bonds is 6. The van der Waals surface area contributed by atoms with Crippen molar-refractivity contribution in [1.82, 2.24) is 0 Å². The highest BCUT2D eigenvalue weighted by Gasteiger charge is 2.50. The van der Waals surface area contributed by atoms with Crippen LogP contribution >= 0.6 is 0 Å². The minimum absolute atomic E-state index is 0.241. The summed E-state index contributed by atoms with van der Waals surface area (Å²) in [5, 5.41) is 5.72. The summed E-state index contributed by atoms with van der Waals surface area (Å²) in [6.07, 6.45) is 9.96. The number of anilines is 2. The van der Waals surface area contributed by atoms with Crippen molar-refractivity contribution < 1.29 is 9.53 Å². The Morgan fingerprint density at radius 3 is 1.90 bits per heavy atom. The van der Waals surface area contributed by atoms with E-state index >= 15 is 0 Å². The summed E-state index contributed by atoms with van der Waals surface area (Å²) < 4.78 is 6.08. The summed E-state index contributed by atoms with van der Waals surface area (Å²) in [5.41, 5.74) is 3.26. The lowest BCUT2D eigenvalue weighted by molar-refractivity contribution is -0.0622. The van der Waals surface area contributed by atoms with Gasteiger partial charge in [-0.25, -0.2) is 4.79 Å². The Bertz CT molecular complexity index is 853. The van der Waals surface area contributed by atoms with E-state index in [9.17, 15) is 4.79 Å². The van der Waals surface area contributed by atoms with E-state index in [-0.39, 0.29) is 6.03 Å². The molecule has 2 N–H and O–H groups in total. The highest BCUT2D eigenvalue weighted by atomic mass is 16.5. The van der Waals surface area contributed by atoms with Crippen LogP contribution in [-0.4, -0.2) is 12.6 Å². The molecular weight excluding hydrogens is 372 g/mol. The third-order valence-electron chi connectivity index (χ3n) is 7.49. The molecule has 4 saturated carbocycles. The van der Waals surface area contributed by atoms with Crippen molar-refractivity contribution in [2.75, 3.05) is 17.2 Å². The van der Waals surface area contributed by atoms with Crippen LogP contribution in [0.1, 0.15) is 50.5 Å². The van der Waals surface area contributed by atoms with Gasteiger partial charge in [-0.1, -0.05) is 17.7 Å². The second kappa shape index (κ2) is 7.98. The van der Waals surface area contributed by atoms with E-state index < -0.39 is 0 Å². The van der Waals surface area contributed by atoms with Crippen LogP contribution in [0.4, 0.5) is 16.2 Å². The molecule has 158 valence electrons. The molecule has 0 heterocycles. The summed E-state index contributed by atoms with van der Waals surface area (Å²) in [7, 11) is 0. The molecule has 0 unspecified atom stereocenters. The van der Waals surface area contributed by atoms with Gasteiger partial charge in [-0.3, -0.25) is 0 Å². The van der Waals surface area contributed by atoms with Gasteiger partial charge in [0.05, 0.1) is 6.61 Å². The molecule has 0 spiro atoms. The van der Waals surface area contributed by atoms with Gasteiger partial charge in [0.2, 0.25) is 0 Å². The number of carbonyl (C=O) groups excluding carboxylic acids is 1. The molecule has 30 heavy (non-hydrogen) atoms. The minimum atomic E-state index is -0.241. The molecule has 2 aromatic rings. The van der Waals surface area contributed by atoms with Gasteiger partial charge < -0.3 is 15.4 Å². The first-order chi connectivity index (χ1) is 14.6. The number of urea groups is 1. The third-order valence-corrected chi connectivity index (χ3v) is 7.49. The van der Waals surface area contributed by atoms with Crippen molar-refractivity contribution in [3.05, 3.63) is 54.1 Å². The Kier molecular flexibility index (Phi) is 5.18. The van der Waals surface area contributed by atoms with E-state index in [4.69, 9.17) is 4.74 Å². The SMILES string of the molecule is Cc1ccc(NC(=O)Nc2ccc(OCCC34CC5CC(CC(C5)C3)C4)cc2)cc1. The zero-order valence-corrected chi connectivity index (χ0v) is 17.8. The number of benzene rings is 2. The molecule has 4 bridgehead atoms. The van der Waals surface area contributed by atoms with Crippen molar-refractivity contribution in [2.45, 2.75) is 51.9 Å². The molecule has 4 fully saturated rings. The highest BCUT2D eigenvalue weighted by Crippen LogP contribution is 2.61. The first-order valence-electron chi connectivity index (χ1n) is 11.4. The van der Waals surface area contributed by atoms with Gasteiger partial charge in [0.1, 0.15) is 5.75 Å². The van der Waals surface area contributed by atoms with E-state index in [0.717, 1.165) is 41.5 Å². The molecule has 4 heteroatoms. The van der Waals surface area contributed by atoms with Gasteiger partial charge in [0.25, 0.3) is 0 Å². The summed E-state index contributed by atoms with van der Waals surface area (Å²) in [5.74, 6) is 3.86. The summed E-state index contributed by atoms with van der Waals surface area (Å²) >= 11 is 0. The molecule has 4 nitrogen and oxygen atoms in total. The number of hydrogen-bond donors (Lipinski definition) is 2. The largest absolute Gasteiger partial charge is 0.494 e. The highest BCUT2D eigenvalue weighted by molar-refractivity contribution is 5.99. The average Bonchev–Trinajstić information content (AvgIpc) is 2.70. The van der Waals surface area contributed by atoms with Crippen molar-refractivity contribution in [3.8, 4) is 5.75 Å². The zero-order valence-electron chi connectivity index (χ0n) is 17.8. The number of hydrogen-bond acceptors (Lipinski definition) is 2. The maximum atomic E-state index is 12.2. The van der Waals surface area contributed by atoms with Gasteiger partial charge in [-0.15, -0.1) is 0 Å². The average molecular weight is 405 g/mol. The van der Waals surface area contributed by atoms with E-state index in [1.807, 2.05) is 55.5 Å². The molecule has 2 amide bonds. The Hall–Kier alpha value is -2.49. The number of amides is 2. The molecule has 0 atom stereocenters. The number of carbonyl (C=O) groups is 1. The Morgan fingerprint density at radius 2 is 1.37 bits per heavy atom. The fourth-order valence-corrected chi connectivity index (χ4v) is 6.55. The summed E-state index contributed by atoms with van der Waals surface area (Å²) in [6.45, 7) is 2.82. The van der Waals surface area contributed by atoms with Crippen LogP contribution in [0.15, 0.2) is 48.5 Å². The van der Waals surface area contributed by atoms with Gasteiger partial charge in [-0.05, 0) is 111 Å². The minimum Gasteiger partial charge on any atom is -0.494 e. The van der Waals surface area contributed by atoms with Crippen molar-refractivity contribution in [3.63, 3.8) is 0 Å². The van der Waals surface area contributed by atoms with Gasteiger partial charge in [0.15, 0.2) is 0 Å². The lowest BCUT2D eigenvalue weighted by Crippen LogP contribution is -2.46. The predicted octanol–water partition coefficient (Wildman–Crippen LogP) is 6.62. The molecule has 2 aromatic carbocycles. The molecule has 0 aliphatic heterocycles. The van der Waals surface area contributed by atoms with Crippen molar-refractivity contribution in [1.29, 1.82) is 0 Å². The van der Waals surface area contributed by atoms with Crippen LogP contribution in [-0.2, 0) is 0 Å². The van der Waals surface area contributed by atoms with Crippen LogP contribution < -0.4 is 15.4 Å². The van der Waals surface area contributed by atoms with E-state index in [0.29, 0.717) is 5.41 Å². The maximum absolute atomic E-state index is 12.2. The Morgan fingerprint density at radius 1 is 0.867 bits per heavy atom. The fourth-order valence-electron chi connectivity index (χ4n) is 6.55. The van der Waals surface area contributed by atoms with E-state index in [1.165, 1.54) is 50.5 Å². The second-order valence-electron chi connectivity index (χ2n) is 9.99. The maximum Gasteiger partial charge on any atom is 0.323 e. The Labute approximate surface area is 179 Å². The van der Waals surface area contributed by atoms with Gasteiger partial charge in [0, 0.05) is 11.4 Å². The molecule has 4 aliphatic carbocycles. The molecule has 6 rings (SSSR count). The van der Waals surface area contributed by atoms with Crippen molar-refractivity contribution in [2.24, 2.45) is 23.2 Å². The van der Waals surface area contributed by atoms with Crippen LogP contribution in [0.25, 0.3) is 0 Å². The molecular formula is C26H32N2O2. The van der Waals surface area contributed by atoms with E-state index in [2.05, 4.69) is 10.6 Å². The van der Waals surface area contributed by atoms with Crippen LogP contribution in [0.5, 0.6) is 5.75 Å². The Balaban J connectivity index is 1.10. The quantitative estimate of drug-likeness (QED) is 0.568. The first kappa shape index (κ1) is 19.5. The fraction of sp³-hybridized carbons (Fsp3) is 0.500. The summed E-state index contributed by atoms with van der Waals surface area (Å²) in [6, 6.07) is 15.2. The lowest BCUT2D eigenvalue weighted by atomic mass is 9.49. The van der Waals surface area contributed by atoms with Crippen molar-refractivity contribution >= 4 is 17.4 Å². The smallest absolute Gasteiger partial charge is 0.323 e. The molecule has 0 saturated heterocycles. The monoisotopic (exact) mass is 404 g/mol. The summed E-state index contributed by atoms with van der Waals surface area (Å²) in [4.78, 5) is 12.2. The zero-order chi connectivity index (χ0) is 20.6. The van der Waals surface area contributed by atoms with Crippen LogP contribution in [0.2, 0.25) is 0 Å². The standard InChI is InChI=1S/C26H32N2O2/c1-18-2-4-22(5-3-18)27-25(29)28-23-6-8-24(9-7-23)30-11-10-26-15-19-12-20(16-26)14-21(13-19)17-26/h2-9,19-21H,10-17H2,1H3,(H2,27,28,29). The third kappa shape index (κ3) is 4.33. The molecule has 0 aromatic heterocycles. The normalized spacial score (nSPS) is 28.9. The molecule has 0 radical (unpaired) electrons. The van der Waals surface area contributed by atoms with Gasteiger partial charge in [-0.2, -0.15) is 0 Å². The van der Waals surface area contributed by atoms with Crippen LogP contribution in [0, 0.1) is 30.1 Å². The number of ether oxygens (including phenoxy) is 1. The topological polar surface area (TPSA) is 50.4 Å². The first-order valence-corrected chi connectivity index (χ1v) is 11.4. The number of aryl methyl sites for hydroxylation is 1. The van der Waals surface area contributed by atoms with E-state index in [1.54, 1.807) is 0 Å². The molecule has 4 aliphatic rings. The second-order valence-corrected chi connectivity index (χ2v) is 9.99.